The van der Waals surface area contributed by atoms with E-state index in [1.165, 1.54) is 16.9 Å². The number of anilines is 2. The first-order valence-corrected chi connectivity index (χ1v) is 9.05. The molecule has 122 valence electrons. The third kappa shape index (κ3) is 4.01. The van der Waals surface area contributed by atoms with Gasteiger partial charge in [0.05, 0.1) is 5.69 Å². The Labute approximate surface area is 153 Å². The number of hydrogen-bond donors (Lipinski definition) is 2. The molecule has 0 aliphatic rings. The van der Waals surface area contributed by atoms with Crippen LogP contribution in [0.2, 0.25) is 0 Å². The van der Waals surface area contributed by atoms with E-state index in [2.05, 4.69) is 31.5 Å². The summed E-state index contributed by atoms with van der Waals surface area (Å²) in [6.07, 6.45) is 0. The summed E-state index contributed by atoms with van der Waals surface area (Å²) in [5, 5.41) is 8.09. The van der Waals surface area contributed by atoms with Crippen LogP contribution < -0.4 is 10.6 Å². The molecular formula is C18H16BrN3OS. The van der Waals surface area contributed by atoms with Crippen molar-refractivity contribution in [3.05, 3.63) is 63.4 Å². The summed E-state index contributed by atoms with van der Waals surface area (Å²) >= 11 is 4.81. The second kappa shape index (κ2) is 7.15. The van der Waals surface area contributed by atoms with Crippen molar-refractivity contribution >= 4 is 44.1 Å². The summed E-state index contributed by atoms with van der Waals surface area (Å²) in [7, 11) is 0. The van der Waals surface area contributed by atoms with Gasteiger partial charge in [-0.05, 0) is 49.2 Å². The second-order valence-electron chi connectivity index (χ2n) is 5.42. The maximum atomic E-state index is 12.1. The van der Waals surface area contributed by atoms with E-state index in [-0.39, 0.29) is 6.03 Å². The van der Waals surface area contributed by atoms with Gasteiger partial charge in [0.25, 0.3) is 0 Å². The third-order valence-electron chi connectivity index (χ3n) is 3.63. The lowest BCUT2D eigenvalue weighted by molar-refractivity contribution is 0.262. The van der Waals surface area contributed by atoms with Gasteiger partial charge < -0.3 is 5.32 Å². The summed E-state index contributed by atoms with van der Waals surface area (Å²) in [5.41, 5.74) is 4.95. The fourth-order valence-corrected chi connectivity index (χ4v) is 3.14. The number of amides is 2. The number of carbonyl (C=O) groups is 1. The Bertz CT molecular complexity index is 874. The summed E-state index contributed by atoms with van der Waals surface area (Å²) in [6, 6.07) is 13.4. The Kier molecular flexibility index (Phi) is 4.97. The van der Waals surface area contributed by atoms with E-state index in [1.54, 1.807) is 0 Å². The zero-order valence-electron chi connectivity index (χ0n) is 13.3. The average molecular weight is 402 g/mol. The quantitative estimate of drug-likeness (QED) is 0.579. The molecule has 0 atom stereocenters. The number of urea groups is 1. The summed E-state index contributed by atoms with van der Waals surface area (Å²) in [6.45, 7) is 4.06. The molecule has 3 aromatic rings. The molecule has 24 heavy (non-hydrogen) atoms. The van der Waals surface area contributed by atoms with Crippen molar-refractivity contribution < 1.29 is 4.79 Å². The molecule has 0 aliphatic heterocycles. The predicted octanol–water partition coefficient (Wildman–Crippen LogP) is 5.83. The van der Waals surface area contributed by atoms with Gasteiger partial charge in [0.2, 0.25) is 0 Å². The van der Waals surface area contributed by atoms with Crippen molar-refractivity contribution in [3.63, 3.8) is 0 Å². The molecule has 2 amide bonds. The lowest BCUT2D eigenvalue weighted by Gasteiger charge is -2.07. The summed E-state index contributed by atoms with van der Waals surface area (Å²) in [5.74, 6) is 0. The monoisotopic (exact) mass is 401 g/mol. The van der Waals surface area contributed by atoms with Crippen LogP contribution in [0.15, 0.2) is 52.3 Å². The number of benzene rings is 2. The van der Waals surface area contributed by atoms with Crippen LogP contribution in [0.1, 0.15) is 11.1 Å². The minimum Gasteiger partial charge on any atom is -0.308 e. The number of aromatic nitrogens is 1. The number of halogens is 1. The minimum atomic E-state index is -0.296. The van der Waals surface area contributed by atoms with E-state index in [0.29, 0.717) is 5.13 Å². The first-order chi connectivity index (χ1) is 11.5. The highest BCUT2D eigenvalue weighted by Crippen LogP contribution is 2.26. The van der Waals surface area contributed by atoms with Gasteiger partial charge in [0.15, 0.2) is 5.13 Å². The predicted molar refractivity (Wildman–Crippen MR) is 104 cm³/mol. The first kappa shape index (κ1) is 16.7. The Morgan fingerprint density at radius 3 is 2.50 bits per heavy atom. The summed E-state index contributed by atoms with van der Waals surface area (Å²) < 4.78 is 1.02. The third-order valence-corrected chi connectivity index (χ3v) is 4.92. The van der Waals surface area contributed by atoms with Crippen molar-refractivity contribution in [1.29, 1.82) is 0 Å². The van der Waals surface area contributed by atoms with Crippen molar-refractivity contribution in [1.82, 2.24) is 4.98 Å². The van der Waals surface area contributed by atoms with Crippen LogP contribution in [0.3, 0.4) is 0 Å². The van der Waals surface area contributed by atoms with E-state index >= 15 is 0 Å². The molecule has 3 rings (SSSR count). The maximum absolute atomic E-state index is 12.1. The highest BCUT2D eigenvalue weighted by atomic mass is 79.9. The van der Waals surface area contributed by atoms with Gasteiger partial charge in [-0.1, -0.05) is 34.1 Å². The fraction of sp³-hybridized carbons (Fsp3) is 0.111. The summed E-state index contributed by atoms with van der Waals surface area (Å²) in [4.78, 5) is 16.6. The SMILES string of the molecule is Cc1ccc(NC(=O)Nc2nc(-c3ccc(Br)cc3)cs2)cc1C. The van der Waals surface area contributed by atoms with Crippen LogP contribution >= 0.6 is 27.3 Å². The molecule has 6 heteroatoms. The van der Waals surface area contributed by atoms with E-state index in [0.717, 1.165) is 27.0 Å². The molecule has 2 aromatic carbocycles. The molecule has 0 bridgehead atoms. The zero-order chi connectivity index (χ0) is 17.1. The van der Waals surface area contributed by atoms with Gasteiger partial charge >= 0.3 is 6.03 Å². The molecule has 0 aliphatic carbocycles. The molecule has 4 nitrogen and oxygen atoms in total. The molecule has 0 radical (unpaired) electrons. The van der Waals surface area contributed by atoms with Crippen molar-refractivity contribution in [2.45, 2.75) is 13.8 Å². The molecule has 2 N–H and O–H groups in total. The molecule has 0 fully saturated rings. The van der Waals surface area contributed by atoms with Gasteiger partial charge in [-0.15, -0.1) is 11.3 Å². The Morgan fingerprint density at radius 1 is 1.04 bits per heavy atom. The smallest absolute Gasteiger partial charge is 0.308 e. The minimum absolute atomic E-state index is 0.296. The van der Waals surface area contributed by atoms with Crippen molar-refractivity contribution in [2.75, 3.05) is 10.6 Å². The van der Waals surface area contributed by atoms with E-state index < -0.39 is 0 Å². The number of aryl methyl sites for hydroxylation is 2. The topological polar surface area (TPSA) is 54.0 Å². The normalized spacial score (nSPS) is 10.5. The van der Waals surface area contributed by atoms with Crippen molar-refractivity contribution in [3.8, 4) is 11.3 Å². The second-order valence-corrected chi connectivity index (χ2v) is 7.20. The molecular weight excluding hydrogens is 386 g/mol. The lowest BCUT2D eigenvalue weighted by Crippen LogP contribution is -2.19. The number of nitrogens with zero attached hydrogens (tertiary/aromatic N) is 1. The maximum Gasteiger partial charge on any atom is 0.325 e. The highest BCUT2D eigenvalue weighted by Gasteiger charge is 2.08. The van der Waals surface area contributed by atoms with Crippen LogP contribution in [0, 0.1) is 13.8 Å². The van der Waals surface area contributed by atoms with Crippen LogP contribution in [-0.4, -0.2) is 11.0 Å². The molecule has 0 saturated heterocycles. The van der Waals surface area contributed by atoms with Crippen molar-refractivity contribution in [2.24, 2.45) is 0 Å². The van der Waals surface area contributed by atoms with Gasteiger partial charge in [0, 0.05) is 21.1 Å². The van der Waals surface area contributed by atoms with Gasteiger partial charge in [0.1, 0.15) is 0 Å². The van der Waals surface area contributed by atoms with E-state index in [9.17, 15) is 4.79 Å². The van der Waals surface area contributed by atoms with Crippen LogP contribution in [0.25, 0.3) is 11.3 Å². The molecule has 0 unspecified atom stereocenters. The number of nitrogens with one attached hydrogen (secondary N) is 2. The number of hydrogen-bond acceptors (Lipinski definition) is 3. The van der Waals surface area contributed by atoms with Crippen LogP contribution in [0.5, 0.6) is 0 Å². The first-order valence-electron chi connectivity index (χ1n) is 7.38. The van der Waals surface area contributed by atoms with E-state index in [1.807, 2.05) is 61.7 Å². The van der Waals surface area contributed by atoms with Gasteiger partial charge in [-0.2, -0.15) is 0 Å². The molecule has 0 spiro atoms. The lowest BCUT2D eigenvalue weighted by atomic mass is 10.1. The van der Waals surface area contributed by atoms with Crippen LogP contribution in [-0.2, 0) is 0 Å². The molecule has 1 aromatic heterocycles. The Morgan fingerprint density at radius 2 is 1.79 bits per heavy atom. The fourth-order valence-electron chi connectivity index (χ4n) is 2.16. The number of carbonyl (C=O) groups excluding carboxylic acids is 1. The number of thiazole rings is 1. The van der Waals surface area contributed by atoms with Gasteiger partial charge in [-0.3, -0.25) is 5.32 Å². The standard InChI is InChI=1S/C18H16BrN3OS/c1-11-3-8-15(9-12(11)2)20-17(23)22-18-21-16(10-24-18)13-4-6-14(19)7-5-13/h3-10H,1-2H3,(H2,20,21,22,23). The Hall–Kier alpha value is -2.18. The zero-order valence-corrected chi connectivity index (χ0v) is 15.7. The highest BCUT2D eigenvalue weighted by molar-refractivity contribution is 9.10. The number of rotatable bonds is 3. The largest absolute Gasteiger partial charge is 0.325 e. The Balaban J connectivity index is 1.66. The molecule has 1 heterocycles. The molecule has 0 saturated carbocycles. The van der Waals surface area contributed by atoms with Crippen LogP contribution in [0.4, 0.5) is 15.6 Å². The van der Waals surface area contributed by atoms with E-state index in [4.69, 9.17) is 0 Å². The average Bonchev–Trinajstić information content (AvgIpc) is 3.00. The van der Waals surface area contributed by atoms with Gasteiger partial charge in [-0.25, -0.2) is 9.78 Å².